The van der Waals surface area contributed by atoms with Crippen LogP contribution in [0.1, 0.15) is 6.42 Å². The molecule has 0 bridgehead atoms. The molecule has 2 heterocycles. The first-order valence-electron chi connectivity index (χ1n) is 6.38. The molecule has 21 heavy (non-hydrogen) atoms. The Morgan fingerprint density at radius 2 is 2.24 bits per heavy atom. The summed E-state index contributed by atoms with van der Waals surface area (Å²) in [6.07, 6.45) is 4.92. The maximum absolute atomic E-state index is 12.1. The average molecular weight is 306 g/mol. The van der Waals surface area contributed by atoms with Gasteiger partial charge in [-0.25, -0.2) is 4.98 Å². The third-order valence-electron chi connectivity index (χ3n) is 3.49. The highest BCUT2D eigenvalue weighted by Gasteiger charge is 2.36. The number of carboxylic acid groups (broad SMARTS) is 1. The summed E-state index contributed by atoms with van der Waals surface area (Å²) < 4.78 is 1.71. The van der Waals surface area contributed by atoms with Gasteiger partial charge in [0, 0.05) is 25.4 Å². The summed E-state index contributed by atoms with van der Waals surface area (Å²) in [5, 5.41) is 9.55. The maximum Gasteiger partial charge on any atom is 0.308 e. The Kier molecular flexibility index (Phi) is 3.39. The minimum atomic E-state index is -0.961. The highest BCUT2D eigenvalue weighted by atomic mass is 35.5. The van der Waals surface area contributed by atoms with Crippen LogP contribution in [0.15, 0.2) is 36.9 Å². The molecule has 1 aromatic heterocycles. The van der Waals surface area contributed by atoms with E-state index in [1.807, 2.05) is 0 Å². The van der Waals surface area contributed by atoms with Crippen molar-refractivity contribution in [2.75, 3.05) is 11.4 Å². The lowest BCUT2D eigenvalue weighted by Gasteiger charge is -2.21. The van der Waals surface area contributed by atoms with Gasteiger partial charge in [0.25, 0.3) is 0 Å². The third-order valence-corrected chi connectivity index (χ3v) is 3.80. The van der Waals surface area contributed by atoms with Crippen molar-refractivity contribution in [3.05, 3.63) is 41.9 Å². The van der Waals surface area contributed by atoms with Crippen LogP contribution in [0.25, 0.3) is 5.69 Å². The van der Waals surface area contributed by atoms with Crippen LogP contribution in [0, 0.1) is 5.92 Å². The van der Waals surface area contributed by atoms with Gasteiger partial charge in [-0.1, -0.05) is 17.7 Å². The van der Waals surface area contributed by atoms with Crippen molar-refractivity contribution < 1.29 is 14.7 Å². The number of nitrogens with zero attached hydrogens (tertiary/aromatic N) is 3. The van der Waals surface area contributed by atoms with Gasteiger partial charge in [-0.2, -0.15) is 0 Å². The predicted molar refractivity (Wildman–Crippen MR) is 76.7 cm³/mol. The number of aromatic nitrogens is 2. The second-order valence-corrected chi connectivity index (χ2v) is 5.23. The molecule has 0 radical (unpaired) electrons. The molecule has 108 valence electrons. The van der Waals surface area contributed by atoms with E-state index in [9.17, 15) is 9.59 Å². The Bertz CT molecular complexity index is 699. The van der Waals surface area contributed by atoms with Gasteiger partial charge in [0.2, 0.25) is 5.91 Å². The van der Waals surface area contributed by atoms with Crippen molar-refractivity contribution in [2.24, 2.45) is 5.92 Å². The number of amides is 1. The Balaban J connectivity index is 2.06. The Morgan fingerprint density at radius 3 is 2.86 bits per heavy atom. The topological polar surface area (TPSA) is 75.4 Å². The molecular weight excluding hydrogens is 294 g/mol. The van der Waals surface area contributed by atoms with E-state index in [0.717, 1.165) is 0 Å². The molecule has 2 aromatic rings. The molecule has 1 atom stereocenters. The smallest absolute Gasteiger partial charge is 0.308 e. The molecule has 1 aromatic carbocycles. The van der Waals surface area contributed by atoms with Gasteiger partial charge < -0.3 is 14.6 Å². The van der Waals surface area contributed by atoms with Crippen LogP contribution < -0.4 is 4.90 Å². The van der Waals surface area contributed by atoms with Crippen LogP contribution in [0.2, 0.25) is 5.02 Å². The maximum atomic E-state index is 12.1. The van der Waals surface area contributed by atoms with E-state index in [1.165, 1.54) is 4.90 Å². The number of anilines is 1. The summed E-state index contributed by atoms with van der Waals surface area (Å²) in [4.78, 5) is 28.7. The summed E-state index contributed by atoms with van der Waals surface area (Å²) in [5.41, 5.74) is 1.21. The molecule has 1 fully saturated rings. The first-order valence-corrected chi connectivity index (χ1v) is 6.75. The fourth-order valence-electron chi connectivity index (χ4n) is 2.47. The molecule has 0 aliphatic carbocycles. The zero-order valence-corrected chi connectivity index (χ0v) is 11.7. The van der Waals surface area contributed by atoms with Crippen molar-refractivity contribution in [1.82, 2.24) is 9.55 Å². The standard InChI is InChI=1S/C14H12ClN3O3/c15-10-2-1-3-11(13(10)17-5-4-16-8-17)18-7-9(14(20)21)6-12(18)19/h1-5,8-9H,6-7H2,(H,20,21). The van der Waals surface area contributed by atoms with Gasteiger partial charge in [0.15, 0.2) is 0 Å². The highest BCUT2D eigenvalue weighted by Crippen LogP contribution is 2.34. The van der Waals surface area contributed by atoms with Crippen LogP contribution in [0.4, 0.5) is 5.69 Å². The summed E-state index contributed by atoms with van der Waals surface area (Å²) >= 11 is 6.24. The molecule has 1 N–H and O–H groups in total. The number of hydrogen-bond donors (Lipinski definition) is 1. The quantitative estimate of drug-likeness (QED) is 0.940. The monoisotopic (exact) mass is 305 g/mol. The van der Waals surface area contributed by atoms with Crippen LogP contribution in [0.5, 0.6) is 0 Å². The van der Waals surface area contributed by atoms with E-state index in [0.29, 0.717) is 16.4 Å². The molecule has 1 aliphatic rings. The SMILES string of the molecule is O=C(O)C1CC(=O)N(c2cccc(Cl)c2-n2ccnc2)C1. The van der Waals surface area contributed by atoms with E-state index in [1.54, 1.807) is 41.5 Å². The number of aliphatic carboxylic acids is 1. The number of benzene rings is 1. The Morgan fingerprint density at radius 1 is 1.43 bits per heavy atom. The highest BCUT2D eigenvalue weighted by molar-refractivity contribution is 6.33. The number of rotatable bonds is 3. The van der Waals surface area contributed by atoms with Crippen LogP contribution in [-0.4, -0.2) is 33.1 Å². The molecule has 7 heteroatoms. The van der Waals surface area contributed by atoms with Crippen LogP contribution in [-0.2, 0) is 9.59 Å². The predicted octanol–water partition coefficient (Wildman–Crippen LogP) is 1.96. The molecule has 3 rings (SSSR count). The third kappa shape index (κ3) is 2.38. The lowest BCUT2D eigenvalue weighted by molar-refractivity contribution is -0.141. The largest absolute Gasteiger partial charge is 0.481 e. The van der Waals surface area contributed by atoms with Gasteiger partial charge in [-0.15, -0.1) is 0 Å². The van der Waals surface area contributed by atoms with Crippen molar-refractivity contribution in [3.63, 3.8) is 0 Å². The second-order valence-electron chi connectivity index (χ2n) is 4.82. The molecule has 0 saturated carbocycles. The van der Waals surface area contributed by atoms with Crippen molar-refractivity contribution in [1.29, 1.82) is 0 Å². The average Bonchev–Trinajstić information content (AvgIpc) is 3.07. The van der Waals surface area contributed by atoms with Gasteiger partial charge in [-0.05, 0) is 12.1 Å². The summed E-state index contributed by atoms with van der Waals surface area (Å²) in [7, 11) is 0. The first kappa shape index (κ1) is 13.6. The van der Waals surface area contributed by atoms with Crippen LogP contribution in [0.3, 0.4) is 0 Å². The Labute approximate surface area is 125 Å². The Hall–Kier alpha value is -2.34. The van der Waals surface area contributed by atoms with E-state index in [2.05, 4.69) is 4.98 Å². The summed E-state index contributed by atoms with van der Waals surface area (Å²) in [6.45, 7) is 0.149. The molecular formula is C14H12ClN3O3. The van der Waals surface area contributed by atoms with Gasteiger partial charge in [0.1, 0.15) is 0 Å². The molecule has 1 unspecified atom stereocenters. The number of hydrogen-bond acceptors (Lipinski definition) is 3. The zero-order valence-electron chi connectivity index (χ0n) is 10.9. The van der Waals surface area contributed by atoms with Crippen molar-refractivity contribution in [2.45, 2.75) is 6.42 Å². The van der Waals surface area contributed by atoms with Gasteiger partial charge in [-0.3, -0.25) is 9.59 Å². The van der Waals surface area contributed by atoms with E-state index in [-0.39, 0.29) is 18.9 Å². The number of carbonyl (C=O) groups excluding carboxylic acids is 1. The van der Waals surface area contributed by atoms with Crippen LogP contribution >= 0.6 is 11.6 Å². The molecule has 1 saturated heterocycles. The number of para-hydroxylation sites is 1. The molecule has 0 spiro atoms. The fraction of sp³-hybridized carbons (Fsp3) is 0.214. The van der Waals surface area contributed by atoms with Gasteiger partial charge >= 0.3 is 5.97 Å². The molecule has 1 amide bonds. The van der Waals surface area contributed by atoms with Crippen molar-refractivity contribution in [3.8, 4) is 5.69 Å². The number of carboxylic acids is 1. The molecule has 1 aliphatic heterocycles. The summed E-state index contributed by atoms with van der Waals surface area (Å²) in [6, 6.07) is 5.21. The van der Waals surface area contributed by atoms with Gasteiger partial charge in [0.05, 0.1) is 28.6 Å². The van der Waals surface area contributed by atoms with E-state index in [4.69, 9.17) is 16.7 Å². The molecule has 6 nitrogen and oxygen atoms in total. The number of halogens is 1. The summed E-state index contributed by atoms with van der Waals surface area (Å²) in [5.74, 6) is -1.87. The zero-order chi connectivity index (χ0) is 15.0. The first-order chi connectivity index (χ1) is 10.1. The minimum absolute atomic E-state index is 0.00517. The second kappa shape index (κ2) is 5.21. The lowest BCUT2D eigenvalue weighted by Crippen LogP contribution is -2.27. The number of carbonyl (C=O) groups is 2. The normalized spacial score (nSPS) is 18.2. The fourth-order valence-corrected chi connectivity index (χ4v) is 2.74. The van der Waals surface area contributed by atoms with Crippen molar-refractivity contribution >= 4 is 29.2 Å². The minimum Gasteiger partial charge on any atom is -0.481 e. The number of imidazole rings is 1. The van der Waals surface area contributed by atoms with E-state index >= 15 is 0 Å². The lowest BCUT2D eigenvalue weighted by atomic mass is 10.1. The van der Waals surface area contributed by atoms with E-state index < -0.39 is 11.9 Å².